The number of benzene rings is 1. The number of nitrogens with one attached hydrogen (secondary N) is 1. The molecule has 4 heterocycles. The average molecular weight is 361 g/mol. The lowest BCUT2D eigenvalue weighted by Gasteiger charge is -2.32. The van der Waals surface area contributed by atoms with Crippen LogP contribution < -0.4 is 10.6 Å². The van der Waals surface area contributed by atoms with Crippen LogP contribution in [0.4, 0.5) is 11.8 Å². The van der Waals surface area contributed by atoms with Gasteiger partial charge in [-0.15, -0.1) is 5.10 Å². The zero-order chi connectivity index (χ0) is 18.2. The number of piperidine rings is 1. The molecule has 1 aliphatic rings. The number of aromatic nitrogens is 7. The summed E-state index contributed by atoms with van der Waals surface area (Å²) >= 11 is 0. The van der Waals surface area contributed by atoms with Gasteiger partial charge >= 0.3 is 0 Å². The van der Waals surface area contributed by atoms with Gasteiger partial charge in [-0.1, -0.05) is 35.5 Å². The van der Waals surface area contributed by atoms with Gasteiger partial charge in [0.2, 0.25) is 5.95 Å². The maximum absolute atomic E-state index is 5.85. The summed E-state index contributed by atoms with van der Waals surface area (Å²) < 4.78 is 1.99. The topological polar surface area (TPSA) is 114 Å². The van der Waals surface area contributed by atoms with E-state index in [1.54, 1.807) is 6.20 Å². The van der Waals surface area contributed by atoms with Crippen LogP contribution in [0, 0.1) is 0 Å². The van der Waals surface area contributed by atoms with Crippen LogP contribution in [0.1, 0.15) is 18.9 Å². The second-order valence-corrected chi connectivity index (χ2v) is 6.71. The van der Waals surface area contributed by atoms with Crippen LogP contribution in [-0.4, -0.2) is 48.2 Å². The van der Waals surface area contributed by atoms with Crippen LogP contribution in [0.25, 0.3) is 22.3 Å². The summed E-state index contributed by atoms with van der Waals surface area (Å²) in [5.74, 6) is 1.10. The van der Waals surface area contributed by atoms with Crippen molar-refractivity contribution in [2.75, 3.05) is 23.7 Å². The van der Waals surface area contributed by atoms with Gasteiger partial charge in [-0.2, -0.15) is 15.1 Å². The number of aromatic amines is 1. The number of rotatable bonds is 3. The fourth-order valence-electron chi connectivity index (χ4n) is 3.62. The van der Waals surface area contributed by atoms with Gasteiger partial charge in [0.25, 0.3) is 0 Å². The number of nitrogens with two attached hydrogens (primary N) is 1. The van der Waals surface area contributed by atoms with Gasteiger partial charge < -0.3 is 10.6 Å². The highest BCUT2D eigenvalue weighted by molar-refractivity contribution is 5.87. The van der Waals surface area contributed by atoms with Gasteiger partial charge in [0, 0.05) is 18.7 Å². The van der Waals surface area contributed by atoms with Crippen LogP contribution in [0.15, 0.2) is 42.7 Å². The van der Waals surface area contributed by atoms with E-state index in [4.69, 9.17) is 5.73 Å². The molecule has 0 radical (unpaired) electrons. The van der Waals surface area contributed by atoms with Crippen LogP contribution >= 0.6 is 0 Å². The quantitative estimate of drug-likeness (QED) is 0.574. The van der Waals surface area contributed by atoms with Gasteiger partial charge in [0.15, 0.2) is 5.65 Å². The third kappa shape index (κ3) is 2.86. The van der Waals surface area contributed by atoms with E-state index in [2.05, 4.69) is 35.4 Å². The summed E-state index contributed by atoms with van der Waals surface area (Å²) in [6, 6.07) is 10.4. The fourth-order valence-corrected chi connectivity index (χ4v) is 3.62. The molecule has 1 aromatic carbocycles. The Bertz CT molecular complexity index is 1060. The van der Waals surface area contributed by atoms with Crippen molar-refractivity contribution in [3.8, 4) is 11.3 Å². The van der Waals surface area contributed by atoms with E-state index in [9.17, 15) is 0 Å². The first kappa shape index (κ1) is 15.7. The monoisotopic (exact) mass is 361 g/mol. The lowest BCUT2D eigenvalue weighted by Crippen LogP contribution is -2.35. The minimum Gasteiger partial charge on any atom is -0.368 e. The summed E-state index contributed by atoms with van der Waals surface area (Å²) in [5, 5.41) is 16.5. The second-order valence-electron chi connectivity index (χ2n) is 6.71. The molecule has 27 heavy (non-hydrogen) atoms. The molecular formula is C18H19N9. The third-order valence-corrected chi connectivity index (χ3v) is 5.02. The highest BCUT2D eigenvalue weighted by Gasteiger charge is 2.24. The number of nitrogens with zero attached hydrogens (tertiary/aromatic N) is 7. The first-order valence-electron chi connectivity index (χ1n) is 8.97. The minimum absolute atomic E-state index is 0.257. The van der Waals surface area contributed by atoms with E-state index in [0.717, 1.165) is 48.4 Å². The summed E-state index contributed by atoms with van der Waals surface area (Å²) in [6.45, 7) is 1.73. The molecule has 9 heteroatoms. The van der Waals surface area contributed by atoms with Crippen molar-refractivity contribution in [1.29, 1.82) is 0 Å². The largest absolute Gasteiger partial charge is 0.368 e. The van der Waals surface area contributed by atoms with Crippen LogP contribution in [-0.2, 0) is 0 Å². The molecule has 9 nitrogen and oxygen atoms in total. The summed E-state index contributed by atoms with van der Waals surface area (Å²) in [5.41, 5.74) is 8.51. The highest BCUT2D eigenvalue weighted by atomic mass is 15.4. The Morgan fingerprint density at radius 2 is 1.89 bits per heavy atom. The molecule has 0 saturated carbocycles. The van der Waals surface area contributed by atoms with Crippen molar-refractivity contribution in [2.45, 2.75) is 18.9 Å². The first-order chi connectivity index (χ1) is 13.3. The van der Waals surface area contributed by atoms with Crippen molar-refractivity contribution in [2.24, 2.45) is 0 Å². The van der Waals surface area contributed by atoms with Gasteiger partial charge in [0.05, 0.1) is 23.8 Å². The molecule has 1 aliphatic heterocycles. The Hall–Kier alpha value is -3.49. The molecule has 3 N–H and O–H groups in total. The Labute approximate surface area is 155 Å². The summed E-state index contributed by atoms with van der Waals surface area (Å²) in [4.78, 5) is 10.9. The number of hydrogen-bond acceptors (Lipinski definition) is 7. The summed E-state index contributed by atoms with van der Waals surface area (Å²) in [6.07, 6.45) is 5.70. The molecule has 1 fully saturated rings. The molecule has 136 valence electrons. The first-order valence-corrected chi connectivity index (χ1v) is 8.97. The van der Waals surface area contributed by atoms with Gasteiger partial charge in [0.1, 0.15) is 11.5 Å². The van der Waals surface area contributed by atoms with E-state index < -0.39 is 0 Å². The Morgan fingerprint density at radius 1 is 1.07 bits per heavy atom. The molecular weight excluding hydrogens is 342 g/mol. The number of H-pyrrole nitrogens is 1. The molecule has 0 spiro atoms. The SMILES string of the molecule is Nc1nc(N2CCC(n3cc(-c4ccccc4)nn3)CC2)c2cn[nH]c2n1. The molecule has 0 aliphatic carbocycles. The molecule has 0 amide bonds. The van der Waals surface area contributed by atoms with E-state index >= 15 is 0 Å². The van der Waals surface area contributed by atoms with E-state index in [0.29, 0.717) is 11.7 Å². The normalized spacial score (nSPS) is 15.5. The molecule has 1 saturated heterocycles. The van der Waals surface area contributed by atoms with E-state index in [-0.39, 0.29) is 5.95 Å². The van der Waals surface area contributed by atoms with Crippen molar-refractivity contribution in [1.82, 2.24) is 35.2 Å². The van der Waals surface area contributed by atoms with Crippen molar-refractivity contribution < 1.29 is 0 Å². The lowest BCUT2D eigenvalue weighted by atomic mass is 10.0. The van der Waals surface area contributed by atoms with Crippen molar-refractivity contribution in [3.63, 3.8) is 0 Å². The Morgan fingerprint density at radius 3 is 2.70 bits per heavy atom. The zero-order valence-corrected chi connectivity index (χ0v) is 14.7. The van der Waals surface area contributed by atoms with Gasteiger partial charge in [-0.3, -0.25) is 5.10 Å². The Balaban J connectivity index is 1.33. The highest BCUT2D eigenvalue weighted by Crippen LogP contribution is 2.30. The molecule has 0 bridgehead atoms. The molecule has 5 rings (SSSR count). The fraction of sp³-hybridized carbons (Fsp3) is 0.278. The standard InChI is InChI=1S/C18H19N9/c19-18-21-16-14(10-20-24-16)17(22-18)26-8-6-13(7-9-26)27-11-15(23-25-27)12-4-2-1-3-5-12/h1-5,10-11,13H,6-9H2,(H3,19,20,21,22,24). The van der Waals surface area contributed by atoms with E-state index in [1.165, 1.54) is 0 Å². The number of anilines is 2. The zero-order valence-electron chi connectivity index (χ0n) is 14.7. The maximum Gasteiger partial charge on any atom is 0.224 e. The number of hydrogen-bond donors (Lipinski definition) is 2. The van der Waals surface area contributed by atoms with Crippen molar-refractivity contribution in [3.05, 3.63) is 42.7 Å². The number of fused-ring (bicyclic) bond motifs is 1. The molecule has 0 unspecified atom stereocenters. The average Bonchev–Trinajstić information content (AvgIpc) is 3.38. The third-order valence-electron chi connectivity index (χ3n) is 5.02. The van der Waals surface area contributed by atoms with Crippen molar-refractivity contribution >= 4 is 22.8 Å². The molecule has 4 aromatic rings. The predicted octanol–water partition coefficient (Wildman–Crippen LogP) is 2.04. The van der Waals surface area contributed by atoms with Crippen LogP contribution in [0.3, 0.4) is 0 Å². The lowest BCUT2D eigenvalue weighted by molar-refractivity contribution is 0.359. The van der Waals surface area contributed by atoms with Crippen LogP contribution in [0.2, 0.25) is 0 Å². The molecule has 0 atom stereocenters. The smallest absolute Gasteiger partial charge is 0.224 e. The van der Waals surface area contributed by atoms with E-state index in [1.807, 2.05) is 41.2 Å². The van der Waals surface area contributed by atoms with Crippen LogP contribution in [0.5, 0.6) is 0 Å². The van der Waals surface area contributed by atoms with Gasteiger partial charge in [-0.25, -0.2) is 4.68 Å². The van der Waals surface area contributed by atoms with Gasteiger partial charge in [-0.05, 0) is 12.8 Å². The second kappa shape index (κ2) is 6.35. The maximum atomic E-state index is 5.85. The summed E-state index contributed by atoms with van der Waals surface area (Å²) in [7, 11) is 0. The molecule has 3 aromatic heterocycles. The number of nitrogen functional groups attached to an aromatic ring is 1. The Kier molecular flexibility index (Phi) is 3.70. The minimum atomic E-state index is 0.257. The predicted molar refractivity (Wildman–Crippen MR) is 102 cm³/mol.